The summed E-state index contributed by atoms with van der Waals surface area (Å²) in [4.78, 5) is 33.0. The third kappa shape index (κ3) is 5.58. The standard InChI is InChI=1S/C22H22FN5O2S/c23-16-6-8-19(9-7-16)27-10-12-28(13-11-27)20(29)14-18-15-31-22(25-18)26-21(30)24-17-4-2-1-3-5-17/h1-9,15H,10-14H2,(H2,24,25,26,30). The van der Waals surface area contributed by atoms with Gasteiger partial charge in [-0.15, -0.1) is 11.3 Å². The number of nitrogens with one attached hydrogen (secondary N) is 2. The molecule has 160 valence electrons. The third-order valence-electron chi connectivity index (χ3n) is 4.96. The van der Waals surface area contributed by atoms with Gasteiger partial charge >= 0.3 is 6.03 Å². The Morgan fingerprint density at radius 2 is 1.68 bits per heavy atom. The van der Waals surface area contributed by atoms with Gasteiger partial charge in [-0.2, -0.15) is 0 Å². The Kier molecular flexibility index (Phi) is 6.42. The molecule has 2 N–H and O–H groups in total. The smallest absolute Gasteiger partial charge is 0.325 e. The van der Waals surface area contributed by atoms with Crippen molar-refractivity contribution in [1.82, 2.24) is 9.88 Å². The first kappa shape index (κ1) is 20.8. The maximum atomic E-state index is 13.1. The van der Waals surface area contributed by atoms with Crippen LogP contribution in [0.25, 0.3) is 0 Å². The molecular formula is C22H22FN5O2S. The number of halogens is 1. The number of benzene rings is 2. The minimum atomic E-state index is -0.379. The molecule has 0 radical (unpaired) electrons. The summed E-state index contributed by atoms with van der Waals surface area (Å²) >= 11 is 1.28. The fraction of sp³-hybridized carbons (Fsp3) is 0.227. The summed E-state index contributed by atoms with van der Waals surface area (Å²) in [6.07, 6.45) is 0.190. The number of para-hydroxylation sites is 1. The van der Waals surface area contributed by atoms with Gasteiger partial charge in [-0.1, -0.05) is 18.2 Å². The Morgan fingerprint density at radius 3 is 2.39 bits per heavy atom. The summed E-state index contributed by atoms with van der Waals surface area (Å²) in [6.45, 7) is 2.59. The van der Waals surface area contributed by atoms with Gasteiger partial charge in [0.15, 0.2) is 5.13 Å². The normalized spacial score (nSPS) is 13.7. The highest BCUT2D eigenvalue weighted by Crippen LogP contribution is 2.19. The summed E-state index contributed by atoms with van der Waals surface area (Å²) in [5.74, 6) is -0.253. The van der Waals surface area contributed by atoms with E-state index in [1.54, 1.807) is 29.6 Å². The number of rotatable bonds is 5. The number of anilines is 3. The molecule has 4 rings (SSSR count). The lowest BCUT2D eigenvalue weighted by Crippen LogP contribution is -2.49. The number of hydrogen-bond acceptors (Lipinski definition) is 5. The van der Waals surface area contributed by atoms with Gasteiger partial charge in [0.05, 0.1) is 12.1 Å². The molecule has 0 aliphatic carbocycles. The van der Waals surface area contributed by atoms with Crippen molar-refractivity contribution in [3.05, 3.63) is 71.5 Å². The van der Waals surface area contributed by atoms with Gasteiger partial charge in [0.25, 0.3) is 0 Å². The number of nitrogens with zero attached hydrogens (tertiary/aromatic N) is 3. The van der Waals surface area contributed by atoms with Crippen LogP contribution in [0.3, 0.4) is 0 Å². The maximum absolute atomic E-state index is 13.1. The highest BCUT2D eigenvalue weighted by molar-refractivity contribution is 7.14. The van der Waals surface area contributed by atoms with E-state index < -0.39 is 0 Å². The van der Waals surface area contributed by atoms with Crippen molar-refractivity contribution < 1.29 is 14.0 Å². The van der Waals surface area contributed by atoms with E-state index in [2.05, 4.69) is 20.5 Å². The van der Waals surface area contributed by atoms with Crippen molar-refractivity contribution in [2.45, 2.75) is 6.42 Å². The Bertz CT molecular complexity index is 1030. The molecule has 0 atom stereocenters. The first-order chi connectivity index (χ1) is 15.1. The Hall–Kier alpha value is -3.46. The lowest BCUT2D eigenvalue weighted by Gasteiger charge is -2.36. The van der Waals surface area contributed by atoms with Crippen molar-refractivity contribution in [3.8, 4) is 0 Å². The summed E-state index contributed by atoms with van der Waals surface area (Å²) in [6, 6.07) is 15.1. The first-order valence-electron chi connectivity index (χ1n) is 9.92. The number of urea groups is 1. The summed E-state index contributed by atoms with van der Waals surface area (Å²) < 4.78 is 13.1. The molecule has 9 heteroatoms. The molecular weight excluding hydrogens is 417 g/mol. The molecule has 1 aliphatic heterocycles. The minimum Gasteiger partial charge on any atom is -0.368 e. The lowest BCUT2D eigenvalue weighted by molar-refractivity contribution is -0.130. The van der Waals surface area contributed by atoms with Crippen molar-refractivity contribution in [1.29, 1.82) is 0 Å². The molecule has 3 amide bonds. The fourth-order valence-corrected chi connectivity index (χ4v) is 4.06. The summed E-state index contributed by atoms with van der Waals surface area (Å²) in [5.41, 5.74) is 2.27. The topological polar surface area (TPSA) is 77.6 Å². The molecule has 0 spiro atoms. The predicted molar refractivity (Wildman–Crippen MR) is 120 cm³/mol. The Morgan fingerprint density at radius 1 is 0.968 bits per heavy atom. The molecule has 1 aliphatic rings. The van der Waals surface area contributed by atoms with Crippen LogP contribution in [0.5, 0.6) is 0 Å². The largest absolute Gasteiger partial charge is 0.368 e. The average Bonchev–Trinajstić information content (AvgIpc) is 3.21. The molecule has 7 nitrogen and oxygen atoms in total. The highest BCUT2D eigenvalue weighted by Gasteiger charge is 2.22. The van der Waals surface area contributed by atoms with Gasteiger partial charge in [0.1, 0.15) is 5.82 Å². The van der Waals surface area contributed by atoms with Crippen LogP contribution in [0.15, 0.2) is 60.0 Å². The third-order valence-corrected chi connectivity index (χ3v) is 5.77. The second-order valence-corrected chi connectivity index (χ2v) is 7.97. The van der Waals surface area contributed by atoms with Gasteiger partial charge in [-0.05, 0) is 36.4 Å². The van der Waals surface area contributed by atoms with Gasteiger partial charge in [-0.3, -0.25) is 10.1 Å². The van der Waals surface area contributed by atoms with Crippen LogP contribution in [0.1, 0.15) is 5.69 Å². The quantitative estimate of drug-likeness (QED) is 0.634. The summed E-state index contributed by atoms with van der Waals surface area (Å²) in [5, 5.41) is 7.64. The number of amides is 3. The molecule has 2 aromatic carbocycles. The van der Waals surface area contributed by atoms with E-state index in [0.717, 1.165) is 5.69 Å². The van der Waals surface area contributed by atoms with Crippen molar-refractivity contribution in [2.24, 2.45) is 0 Å². The molecule has 2 heterocycles. The van der Waals surface area contributed by atoms with Gasteiger partial charge in [0.2, 0.25) is 5.91 Å². The molecule has 1 saturated heterocycles. The van der Waals surface area contributed by atoms with E-state index in [4.69, 9.17) is 0 Å². The van der Waals surface area contributed by atoms with Crippen molar-refractivity contribution in [3.63, 3.8) is 0 Å². The molecule has 0 saturated carbocycles. The molecule has 31 heavy (non-hydrogen) atoms. The number of thiazole rings is 1. The molecule has 1 aromatic heterocycles. The zero-order valence-corrected chi connectivity index (χ0v) is 17.6. The fourth-order valence-electron chi connectivity index (χ4n) is 3.36. The van der Waals surface area contributed by atoms with E-state index in [1.165, 1.54) is 23.5 Å². The predicted octanol–water partition coefficient (Wildman–Crippen LogP) is 3.82. The van der Waals surface area contributed by atoms with Crippen molar-refractivity contribution in [2.75, 3.05) is 41.7 Å². The van der Waals surface area contributed by atoms with Gasteiger partial charge in [-0.25, -0.2) is 14.2 Å². The van der Waals surface area contributed by atoms with Gasteiger partial charge in [0, 0.05) is 42.9 Å². The van der Waals surface area contributed by atoms with Crippen LogP contribution in [0.2, 0.25) is 0 Å². The Balaban J connectivity index is 1.25. The zero-order valence-electron chi connectivity index (χ0n) is 16.8. The zero-order chi connectivity index (χ0) is 21.6. The van der Waals surface area contributed by atoms with Gasteiger partial charge < -0.3 is 15.1 Å². The van der Waals surface area contributed by atoms with Crippen LogP contribution < -0.4 is 15.5 Å². The molecule has 0 unspecified atom stereocenters. The SMILES string of the molecule is O=C(Nc1ccccc1)Nc1nc(CC(=O)N2CCN(c3ccc(F)cc3)CC2)cs1. The number of piperazine rings is 1. The number of aromatic nitrogens is 1. The van der Waals surface area contributed by atoms with Crippen LogP contribution in [0.4, 0.5) is 25.7 Å². The molecule has 1 fully saturated rings. The number of carbonyl (C=O) groups is 2. The van der Waals surface area contributed by atoms with Crippen LogP contribution >= 0.6 is 11.3 Å². The minimum absolute atomic E-state index is 0.00402. The second-order valence-electron chi connectivity index (χ2n) is 7.11. The lowest BCUT2D eigenvalue weighted by atomic mass is 10.2. The number of carbonyl (C=O) groups excluding carboxylic acids is 2. The Labute approximate surface area is 183 Å². The first-order valence-corrected chi connectivity index (χ1v) is 10.8. The number of hydrogen-bond donors (Lipinski definition) is 2. The summed E-state index contributed by atoms with van der Waals surface area (Å²) in [7, 11) is 0. The van der Waals surface area contributed by atoms with Crippen LogP contribution in [-0.4, -0.2) is 48.0 Å². The molecule has 3 aromatic rings. The average molecular weight is 440 g/mol. The van der Waals surface area contributed by atoms with Crippen LogP contribution in [0, 0.1) is 5.82 Å². The molecule has 0 bridgehead atoms. The maximum Gasteiger partial charge on any atom is 0.325 e. The van der Waals surface area contributed by atoms with E-state index in [1.807, 2.05) is 23.1 Å². The second kappa shape index (κ2) is 9.57. The van der Waals surface area contributed by atoms with E-state index >= 15 is 0 Å². The van der Waals surface area contributed by atoms with Crippen LogP contribution in [-0.2, 0) is 11.2 Å². The van der Waals surface area contributed by atoms with E-state index in [-0.39, 0.29) is 24.2 Å². The van der Waals surface area contributed by atoms with E-state index in [9.17, 15) is 14.0 Å². The highest BCUT2D eigenvalue weighted by atomic mass is 32.1. The monoisotopic (exact) mass is 439 g/mol. The van der Waals surface area contributed by atoms with E-state index in [0.29, 0.717) is 42.7 Å². The van der Waals surface area contributed by atoms with Crippen molar-refractivity contribution >= 4 is 39.8 Å².